The standard InChI is InChI=1S/C3H7As/c1-2-3-4/h3-4H,2H2,1H3. The summed E-state index contributed by atoms with van der Waals surface area (Å²) < 4.78 is 0. The predicted octanol–water partition coefficient (Wildman–Crippen LogP) is 0.0994. The molecule has 0 aromatic heterocycles. The third-order valence-electron chi connectivity index (χ3n) is 0.204. The minimum atomic E-state index is 1.19. The Hall–Kier alpha value is 0.428. The Kier molecular flexibility index (Phi) is 3.80. The van der Waals surface area contributed by atoms with Crippen molar-refractivity contribution in [2.75, 3.05) is 0 Å². The summed E-state index contributed by atoms with van der Waals surface area (Å²) in [5.41, 5.74) is 0. The first-order chi connectivity index (χ1) is 1.91. The molecule has 0 nitrogen and oxygen atoms in total. The van der Waals surface area contributed by atoms with Crippen LogP contribution in [-0.2, 0) is 0 Å². The van der Waals surface area contributed by atoms with Crippen molar-refractivity contribution in [2.24, 2.45) is 0 Å². The molecular weight excluding hydrogens is 111 g/mol. The third-order valence-corrected chi connectivity index (χ3v) is 1.06. The van der Waals surface area contributed by atoms with E-state index in [0.29, 0.717) is 0 Å². The van der Waals surface area contributed by atoms with Crippen molar-refractivity contribution >= 4 is 21.2 Å². The van der Waals surface area contributed by atoms with Crippen LogP contribution in [0.1, 0.15) is 13.3 Å². The fraction of sp³-hybridized carbons (Fsp3) is 0.667. The molecule has 0 aliphatic heterocycles. The van der Waals surface area contributed by atoms with Crippen molar-refractivity contribution in [3.8, 4) is 0 Å². The van der Waals surface area contributed by atoms with Crippen LogP contribution in [0.15, 0.2) is 0 Å². The predicted molar refractivity (Wildman–Crippen MR) is 23.5 cm³/mol. The van der Waals surface area contributed by atoms with Gasteiger partial charge in [-0.3, -0.25) is 0 Å². The average Bonchev–Trinajstić information content (AvgIpc) is 1.37. The van der Waals surface area contributed by atoms with Crippen LogP contribution >= 0.6 is 0 Å². The summed E-state index contributed by atoms with van der Waals surface area (Å²) in [6.45, 7) is 2.12. The molecule has 0 aromatic rings. The van der Waals surface area contributed by atoms with Crippen LogP contribution in [0.5, 0.6) is 0 Å². The van der Waals surface area contributed by atoms with E-state index in [2.05, 4.69) is 28.1 Å². The van der Waals surface area contributed by atoms with E-state index in [1.54, 1.807) is 0 Å². The summed E-state index contributed by atoms with van der Waals surface area (Å²) in [5, 5.41) is 0. The monoisotopic (exact) mass is 118 g/mol. The quantitative estimate of drug-likeness (QED) is 0.428. The van der Waals surface area contributed by atoms with Crippen molar-refractivity contribution in [3.05, 3.63) is 0 Å². The van der Waals surface area contributed by atoms with Gasteiger partial charge >= 0.3 is 34.6 Å². The summed E-state index contributed by atoms with van der Waals surface area (Å²) in [7, 11) is 0. The summed E-state index contributed by atoms with van der Waals surface area (Å²) >= 11 is 2.06. The second-order valence-corrected chi connectivity index (χ2v) is 1.47. The zero-order chi connectivity index (χ0) is 3.41. The van der Waals surface area contributed by atoms with Crippen LogP contribution in [0.25, 0.3) is 0 Å². The van der Waals surface area contributed by atoms with Gasteiger partial charge in [-0.15, -0.1) is 0 Å². The Bertz CT molecular complexity index is 17.2. The molecule has 0 atom stereocenters. The van der Waals surface area contributed by atoms with Gasteiger partial charge in [0.25, 0.3) is 0 Å². The molecule has 4 heavy (non-hydrogen) atoms. The molecule has 0 aromatic carbocycles. The topological polar surface area (TPSA) is 0 Å². The van der Waals surface area contributed by atoms with Crippen molar-refractivity contribution in [2.45, 2.75) is 13.3 Å². The Morgan fingerprint density at radius 1 is 2.00 bits per heavy atom. The number of rotatable bonds is 1. The van der Waals surface area contributed by atoms with Crippen molar-refractivity contribution < 1.29 is 0 Å². The van der Waals surface area contributed by atoms with Gasteiger partial charge in [-0.05, 0) is 0 Å². The van der Waals surface area contributed by atoms with E-state index in [-0.39, 0.29) is 0 Å². The van der Waals surface area contributed by atoms with E-state index in [1.807, 2.05) is 0 Å². The van der Waals surface area contributed by atoms with Crippen LogP contribution in [0, 0.1) is 0 Å². The van der Waals surface area contributed by atoms with E-state index >= 15 is 0 Å². The Balaban J connectivity index is 2.30. The van der Waals surface area contributed by atoms with Crippen LogP contribution in [0.4, 0.5) is 0 Å². The molecule has 0 amide bonds. The van der Waals surface area contributed by atoms with E-state index in [1.165, 1.54) is 6.42 Å². The zero-order valence-electron chi connectivity index (χ0n) is 2.78. The molecule has 24 valence electrons. The molecule has 0 bridgehead atoms. The Morgan fingerprint density at radius 2 is 2.25 bits per heavy atom. The Morgan fingerprint density at radius 3 is 2.25 bits per heavy atom. The molecule has 0 aliphatic carbocycles. The molecule has 0 aliphatic rings. The van der Waals surface area contributed by atoms with E-state index in [0.717, 1.165) is 0 Å². The summed E-state index contributed by atoms with van der Waals surface area (Å²) in [6.07, 6.45) is 1.19. The van der Waals surface area contributed by atoms with Gasteiger partial charge < -0.3 is 0 Å². The van der Waals surface area contributed by atoms with E-state index in [4.69, 9.17) is 0 Å². The molecule has 0 heterocycles. The summed E-state index contributed by atoms with van der Waals surface area (Å²) in [4.78, 5) is 2.12. The fourth-order valence-corrected chi connectivity index (χ4v) is 0. The Labute approximate surface area is 35.2 Å². The maximum atomic E-state index is 2.12. The van der Waals surface area contributed by atoms with Gasteiger partial charge in [0.15, 0.2) is 0 Å². The zero-order valence-corrected chi connectivity index (χ0v) is 4.88. The molecule has 0 radical (unpaired) electrons. The van der Waals surface area contributed by atoms with Crippen LogP contribution in [0.3, 0.4) is 0 Å². The molecule has 0 unspecified atom stereocenters. The van der Waals surface area contributed by atoms with Crippen LogP contribution < -0.4 is 0 Å². The van der Waals surface area contributed by atoms with Gasteiger partial charge in [0.05, 0.1) is 0 Å². The number of hydrogen-bond acceptors (Lipinski definition) is 0. The second kappa shape index (κ2) is 3.43. The van der Waals surface area contributed by atoms with Gasteiger partial charge in [0.1, 0.15) is 0 Å². The van der Waals surface area contributed by atoms with Gasteiger partial charge in [-0.1, -0.05) is 0 Å². The first-order valence-corrected chi connectivity index (χ1v) is 2.62. The first-order valence-electron chi connectivity index (χ1n) is 1.40. The van der Waals surface area contributed by atoms with E-state index < -0.39 is 0 Å². The fourth-order valence-electron chi connectivity index (χ4n) is 0. The van der Waals surface area contributed by atoms with Gasteiger partial charge in [0.2, 0.25) is 0 Å². The van der Waals surface area contributed by atoms with Crippen LogP contribution in [0.2, 0.25) is 0 Å². The molecular formula is C3H7As. The molecule has 0 fully saturated rings. The number of hydrogen-bond donors (Lipinski definition) is 0. The molecule has 0 saturated carbocycles. The molecule has 0 spiro atoms. The molecule has 1 heteroatoms. The molecule has 0 N–H and O–H groups in total. The van der Waals surface area contributed by atoms with Crippen LogP contribution in [-0.4, -0.2) is 21.2 Å². The third kappa shape index (κ3) is 2.43. The summed E-state index contributed by atoms with van der Waals surface area (Å²) in [5.74, 6) is 0. The van der Waals surface area contributed by atoms with Crippen molar-refractivity contribution in [1.29, 1.82) is 0 Å². The van der Waals surface area contributed by atoms with Gasteiger partial charge in [-0.2, -0.15) is 0 Å². The van der Waals surface area contributed by atoms with E-state index in [9.17, 15) is 0 Å². The molecule has 0 rings (SSSR count). The first kappa shape index (κ1) is 4.43. The molecule has 0 saturated heterocycles. The average molecular weight is 118 g/mol. The van der Waals surface area contributed by atoms with Crippen molar-refractivity contribution in [3.63, 3.8) is 0 Å². The normalized spacial score (nSPS) is 6.25. The maximum absolute atomic E-state index is 2.12. The van der Waals surface area contributed by atoms with Gasteiger partial charge in [-0.25, -0.2) is 0 Å². The SMILES string of the molecule is CCC=[AsH]. The summed E-state index contributed by atoms with van der Waals surface area (Å²) in [6, 6.07) is 0. The van der Waals surface area contributed by atoms with Crippen molar-refractivity contribution in [1.82, 2.24) is 0 Å². The minimum absolute atomic E-state index is 1.19. The second-order valence-electron chi connectivity index (χ2n) is 0.612. The van der Waals surface area contributed by atoms with Gasteiger partial charge in [0, 0.05) is 0 Å².